The SMILES string of the molecule is Cc1cc(Nc2cnc(NC(=O)N[C@H]3CCCC[C@H]3c3ccc(F)cc3)cc2C=N)ccn1.[HH].[HH]. The van der Waals surface area contributed by atoms with Crippen LogP contribution in [0.3, 0.4) is 0 Å². The van der Waals surface area contributed by atoms with E-state index in [1.54, 1.807) is 30.6 Å². The summed E-state index contributed by atoms with van der Waals surface area (Å²) < 4.78 is 13.3. The number of rotatable bonds is 6. The Labute approximate surface area is 195 Å². The lowest BCUT2D eigenvalue weighted by Gasteiger charge is -2.32. The van der Waals surface area contributed by atoms with E-state index >= 15 is 0 Å². The van der Waals surface area contributed by atoms with Gasteiger partial charge in [0.05, 0.1) is 11.9 Å². The first-order valence-corrected chi connectivity index (χ1v) is 11.0. The lowest BCUT2D eigenvalue weighted by atomic mass is 9.80. The molecule has 2 amide bonds. The van der Waals surface area contributed by atoms with E-state index < -0.39 is 0 Å². The molecule has 0 aliphatic heterocycles. The number of aromatic nitrogens is 2. The maximum absolute atomic E-state index is 13.3. The predicted molar refractivity (Wildman–Crippen MR) is 132 cm³/mol. The van der Waals surface area contributed by atoms with Crippen LogP contribution >= 0.6 is 0 Å². The third-order valence-electron chi connectivity index (χ3n) is 5.89. The normalized spacial score (nSPS) is 17.8. The van der Waals surface area contributed by atoms with Crippen LogP contribution in [0.15, 0.2) is 54.9 Å². The highest BCUT2D eigenvalue weighted by Crippen LogP contribution is 2.33. The topological polar surface area (TPSA) is 103 Å². The Balaban J connectivity index is 0.00000216. The van der Waals surface area contributed by atoms with Gasteiger partial charge in [-0.05, 0) is 55.7 Å². The number of amides is 2. The monoisotopic (exact) mass is 450 g/mol. The second-order valence-corrected chi connectivity index (χ2v) is 8.26. The van der Waals surface area contributed by atoms with Crippen LogP contribution in [-0.2, 0) is 0 Å². The van der Waals surface area contributed by atoms with Crippen molar-refractivity contribution >= 4 is 29.4 Å². The van der Waals surface area contributed by atoms with E-state index in [4.69, 9.17) is 5.41 Å². The summed E-state index contributed by atoms with van der Waals surface area (Å²) in [5.41, 5.74) is 4.00. The Kier molecular flexibility index (Phi) is 6.92. The molecule has 0 saturated heterocycles. The summed E-state index contributed by atoms with van der Waals surface area (Å²) in [6.07, 6.45) is 8.44. The van der Waals surface area contributed by atoms with E-state index in [0.29, 0.717) is 17.1 Å². The molecule has 2 atom stereocenters. The molecule has 2 heterocycles. The van der Waals surface area contributed by atoms with Crippen LogP contribution in [0, 0.1) is 18.2 Å². The highest BCUT2D eigenvalue weighted by molar-refractivity contribution is 5.92. The van der Waals surface area contributed by atoms with Crippen LogP contribution in [-0.4, -0.2) is 28.3 Å². The van der Waals surface area contributed by atoms with Gasteiger partial charge in [-0.2, -0.15) is 0 Å². The zero-order chi connectivity index (χ0) is 23.2. The van der Waals surface area contributed by atoms with E-state index in [0.717, 1.165) is 42.6 Å². The van der Waals surface area contributed by atoms with Crippen molar-refractivity contribution in [3.05, 3.63) is 77.5 Å². The molecular formula is C25H31FN6O. The minimum atomic E-state index is -0.345. The number of halogens is 1. The van der Waals surface area contributed by atoms with Gasteiger partial charge in [-0.25, -0.2) is 14.2 Å². The lowest BCUT2D eigenvalue weighted by molar-refractivity contribution is 0.240. The van der Waals surface area contributed by atoms with Crippen LogP contribution in [0.1, 0.15) is 51.3 Å². The number of benzene rings is 1. The van der Waals surface area contributed by atoms with Crippen molar-refractivity contribution in [1.29, 1.82) is 5.41 Å². The van der Waals surface area contributed by atoms with Crippen LogP contribution in [0.5, 0.6) is 0 Å². The molecule has 174 valence electrons. The molecule has 4 rings (SSSR count). The molecule has 1 aromatic carbocycles. The van der Waals surface area contributed by atoms with Crippen molar-refractivity contribution in [2.24, 2.45) is 0 Å². The van der Waals surface area contributed by atoms with Gasteiger partial charge in [0.25, 0.3) is 0 Å². The van der Waals surface area contributed by atoms with Crippen LogP contribution in [0.4, 0.5) is 26.4 Å². The van der Waals surface area contributed by atoms with Gasteiger partial charge in [0.2, 0.25) is 0 Å². The number of carbonyl (C=O) groups is 1. The number of hydrogen-bond acceptors (Lipinski definition) is 5. The maximum Gasteiger partial charge on any atom is 0.320 e. The first kappa shape index (κ1) is 22.4. The summed E-state index contributed by atoms with van der Waals surface area (Å²) in [5, 5.41) is 16.8. The Morgan fingerprint density at radius 3 is 2.70 bits per heavy atom. The second kappa shape index (κ2) is 10.2. The fourth-order valence-electron chi connectivity index (χ4n) is 4.28. The third-order valence-corrected chi connectivity index (χ3v) is 5.89. The van der Waals surface area contributed by atoms with Gasteiger partial charge in [-0.1, -0.05) is 25.0 Å². The molecule has 0 spiro atoms. The number of nitrogens with zero attached hydrogens (tertiary/aromatic N) is 2. The number of aryl methyl sites for hydroxylation is 1. The fourth-order valence-corrected chi connectivity index (χ4v) is 4.28. The highest BCUT2D eigenvalue weighted by atomic mass is 19.1. The molecule has 33 heavy (non-hydrogen) atoms. The average molecular weight is 451 g/mol. The highest BCUT2D eigenvalue weighted by Gasteiger charge is 2.28. The zero-order valence-corrected chi connectivity index (χ0v) is 18.4. The molecule has 1 saturated carbocycles. The predicted octanol–water partition coefficient (Wildman–Crippen LogP) is 6.01. The van der Waals surface area contributed by atoms with E-state index in [1.807, 2.05) is 19.1 Å². The molecule has 3 aromatic rings. The van der Waals surface area contributed by atoms with Gasteiger partial charge < -0.3 is 16.0 Å². The quantitative estimate of drug-likeness (QED) is 0.346. The molecule has 0 unspecified atom stereocenters. The number of urea groups is 1. The molecule has 1 aliphatic carbocycles. The van der Waals surface area contributed by atoms with E-state index in [-0.39, 0.29) is 26.7 Å². The molecule has 1 fully saturated rings. The summed E-state index contributed by atoms with van der Waals surface area (Å²) >= 11 is 0. The first-order valence-electron chi connectivity index (χ1n) is 11.0. The second-order valence-electron chi connectivity index (χ2n) is 8.26. The van der Waals surface area contributed by atoms with Crippen molar-refractivity contribution < 1.29 is 12.0 Å². The Hall–Kier alpha value is -3.81. The number of pyridine rings is 2. The minimum absolute atomic E-state index is 0. The van der Waals surface area contributed by atoms with Crippen molar-refractivity contribution in [3.8, 4) is 0 Å². The number of hydrogen-bond donors (Lipinski definition) is 4. The molecule has 0 bridgehead atoms. The molecule has 1 aliphatic rings. The number of carbonyl (C=O) groups excluding carboxylic acids is 1. The Bertz CT molecular complexity index is 1150. The number of anilines is 3. The van der Waals surface area contributed by atoms with Crippen LogP contribution < -0.4 is 16.0 Å². The van der Waals surface area contributed by atoms with E-state index in [2.05, 4.69) is 25.9 Å². The van der Waals surface area contributed by atoms with Crippen molar-refractivity contribution in [2.45, 2.75) is 44.6 Å². The summed E-state index contributed by atoms with van der Waals surface area (Å²) in [4.78, 5) is 21.2. The van der Waals surface area contributed by atoms with Crippen LogP contribution in [0.2, 0.25) is 0 Å². The van der Waals surface area contributed by atoms with Gasteiger partial charge >= 0.3 is 6.03 Å². The molecule has 4 N–H and O–H groups in total. The molecule has 0 radical (unpaired) electrons. The Morgan fingerprint density at radius 1 is 1.15 bits per heavy atom. The van der Waals surface area contributed by atoms with Crippen molar-refractivity contribution in [1.82, 2.24) is 15.3 Å². The van der Waals surface area contributed by atoms with Gasteiger partial charge in [0.15, 0.2) is 0 Å². The smallest absolute Gasteiger partial charge is 0.320 e. The molecule has 8 heteroatoms. The molecule has 2 aromatic heterocycles. The van der Waals surface area contributed by atoms with Crippen LogP contribution in [0.25, 0.3) is 0 Å². The number of nitrogens with one attached hydrogen (secondary N) is 4. The van der Waals surface area contributed by atoms with Crippen molar-refractivity contribution in [2.75, 3.05) is 10.6 Å². The van der Waals surface area contributed by atoms with Gasteiger partial charge in [-0.3, -0.25) is 10.3 Å². The fraction of sp³-hybridized carbons (Fsp3) is 0.280. The first-order chi connectivity index (χ1) is 16.0. The lowest BCUT2D eigenvalue weighted by Crippen LogP contribution is -2.43. The third kappa shape index (κ3) is 5.71. The van der Waals surface area contributed by atoms with E-state index in [9.17, 15) is 9.18 Å². The summed E-state index contributed by atoms with van der Waals surface area (Å²) in [6.45, 7) is 1.90. The van der Waals surface area contributed by atoms with Gasteiger partial charge in [0, 0.05) is 44.2 Å². The minimum Gasteiger partial charge on any atom is -0.354 e. The molecular weight excluding hydrogens is 419 g/mol. The van der Waals surface area contributed by atoms with E-state index in [1.165, 1.54) is 18.3 Å². The maximum atomic E-state index is 13.3. The average Bonchev–Trinajstić information content (AvgIpc) is 2.81. The largest absolute Gasteiger partial charge is 0.354 e. The summed E-state index contributed by atoms with van der Waals surface area (Å²) in [5.74, 6) is 0.240. The standard InChI is InChI=1S/C25H27FN6O.2H2/c1-16-12-20(10-11-28-16)30-23-15-29-24(13-18(23)14-27)32-25(33)31-22-5-3-2-4-21(22)17-6-8-19(26)9-7-17;;/h6-15,21-22,27H,2-5H2,1H3,(H,28,30)(H2,29,31,32,33);2*1H/t21-,22-;;/m0../s1. The van der Waals surface area contributed by atoms with Gasteiger partial charge in [0.1, 0.15) is 11.6 Å². The summed E-state index contributed by atoms with van der Waals surface area (Å²) in [7, 11) is 0. The summed E-state index contributed by atoms with van der Waals surface area (Å²) in [6, 6.07) is 11.5. The zero-order valence-electron chi connectivity index (χ0n) is 18.4. The molecule has 7 nitrogen and oxygen atoms in total. The van der Waals surface area contributed by atoms with Gasteiger partial charge in [-0.15, -0.1) is 0 Å². The van der Waals surface area contributed by atoms with Crippen molar-refractivity contribution in [3.63, 3.8) is 0 Å². The Morgan fingerprint density at radius 2 is 1.94 bits per heavy atom.